The number of rotatable bonds is 5. The van der Waals surface area contributed by atoms with Crippen LogP contribution in [-0.2, 0) is 11.2 Å². The summed E-state index contributed by atoms with van der Waals surface area (Å²) < 4.78 is 11.0. The van der Waals surface area contributed by atoms with Gasteiger partial charge in [0.15, 0.2) is 5.11 Å². The van der Waals surface area contributed by atoms with Crippen molar-refractivity contribution in [3.05, 3.63) is 53.0 Å². The number of benzene rings is 1. The van der Waals surface area contributed by atoms with Gasteiger partial charge in [-0.3, -0.25) is 5.43 Å². The predicted octanol–water partition coefficient (Wildman–Crippen LogP) is 4.18. The van der Waals surface area contributed by atoms with Crippen LogP contribution < -0.4 is 10.7 Å². The second-order valence-corrected chi connectivity index (χ2v) is 6.74. The van der Waals surface area contributed by atoms with Gasteiger partial charge in [0.05, 0.1) is 12.3 Å². The number of hydrazone groups is 1. The van der Waals surface area contributed by atoms with Gasteiger partial charge >= 0.3 is 5.97 Å². The van der Waals surface area contributed by atoms with E-state index in [1.165, 1.54) is 0 Å². The van der Waals surface area contributed by atoms with E-state index in [0.29, 0.717) is 11.7 Å². The summed E-state index contributed by atoms with van der Waals surface area (Å²) in [4.78, 5) is 12.2. The van der Waals surface area contributed by atoms with Gasteiger partial charge in [-0.1, -0.05) is 25.1 Å². The summed E-state index contributed by atoms with van der Waals surface area (Å²) >= 11 is 5.30. The lowest BCUT2D eigenvalue weighted by molar-refractivity contribution is 0.0465. The van der Waals surface area contributed by atoms with Crippen molar-refractivity contribution in [1.29, 1.82) is 0 Å². The largest absolute Gasteiger partial charge is 0.460 e. The van der Waals surface area contributed by atoms with Gasteiger partial charge in [-0.25, -0.2) is 4.79 Å². The minimum atomic E-state index is -0.419. The Morgan fingerprint density at radius 2 is 2.07 bits per heavy atom. The van der Waals surface area contributed by atoms with E-state index < -0.39 is 5.97 Å². The zero-order valence-corrected chi connectivity index (χ0v) is 16.3. The van der Waals surface area contributed by atoms with Crippen LogP contribution in [0.1, 0.15) is 53.6 Å². The molecular weight excluding hydrogens is 362 g/mol. The van der Waals surface area contributed by atoms with Crippen molar-refractivity contribution in [3.63, 3.8) is 0 Å². The highest BCUT2D eigenvalue weighted by atomic mass is 32.1. The fourth-order valence-corrected chi connectivity index (χ4v) is 3.20. The van der Waals surface area contributed by atoms with Crippen molar-refractivity contribution >= 4 is 34.7 Å². The Bertz CT molecular complexity index is 859. The van der Waals surface area contributed by atoms with Gasteiger partial charge < -0.3 is 14.5 Å². The third-order valence-electron chi connectivity index (χ3n) is 4.27. The molecule has 0 atom stereocenters. The molecule has 0 fully saturated rings. The quantitative estimate of drug-likeness (QED) is 0.457. The van der Waals surface area contributed by atoms with E-state index in [9.17, 15) is 4.79 Å². The number of aryl methyl sites for hydroxylation is 1. The number of para-hydroxylation sites is 1. The molecule has 1 aliphatic rings. The second kappa shape index (κ2) is 8.81. The molecule has 0 saturated heterocycles. The molecule has 0 spiro atoms. The maximum Gasteiger partial charge on any atom is 0.374 e. The summed E-state index contributed by atoms with van der Waals surface area (Å²) in [5, 5.41) is 7.96. The number of carbonyl (C=O) groups excluding carboxylic acids is 1. The number of hydrogen-bond donors (Lipinski definition) is 2. The highest BCUT2D eigenvalue weighted by Crippen LogP contribution is 2.30. The first-order chi connectivity index (χ1) is 13.1. The molecule has 1 aromatic carbocycles. The molecule has 0 bridgehead atoms. The molecule has 6 nitrogen and oxygen atoms in total. The first kappa shape index (κ1) is 19.1. The molecule has 2 N–H and O–H groups in total. The van der Waals surface area contributed by atoms with Gasteiger partial charge in [-0.15, -0.1) is 0 Å². The Labute approximate surface area is 164 Å². The minimum Gasteiger partial charge on any atom is -0.460 e. The maximum atomic E-state index is 12.2. The topological polar surface area (TPSA) is 75.9 Å². The number of thiocarbonyl (C=S) groups is 1. The third kappa shape index (κ3) is 4.54. The van der Waals surface area contributed by atoms with Crippen molar-refractivity contribution in [2.45, 2.75) is 39.5 Å². The Morgan fingerprint density at radius 3 is 2.81 bits per heavy atom. The number of esters is 1. The molecule has 0 aliphatic heterocycles. The average molecular weight is 385 g/mol. The fourth-order valence-electron chi connectivity index (χ4n) is 3.03. The van der Waals surface area contributed by atoms with Crippen LogP contribution in [0.25, 0.3) is 0 Å². The first-order valence-corrected chi connectivity index (χ1v) is 9.49. The number of hydrogen-bond acceptors (Lipinski definition) is 5. The van der Waals surface area contributed by atoms with Crippen molar-refractivity contribution in [1.82, 2.24) is 5.43 Å². The molecule has 7 heteroatoms. The molecule has 1 aromatic heterocycles. The van der Waals surface area contributed by atoms with Crippen molar-refractivity contribution < 1.29 is 13.9 Å². The molecular formula is C20H23N3O3S. The number of furan rings is 1. The van der Waals surface area contributed by atoms with E-state index in [1.807, 2.05) is 44.2 Å². The number of carbonyl (C=O) groups is 1. The zero-order chi connectivity index (χ0) is 19.2. The van der Waals surface area contributed by atoms with E-state index in [-0.39, 0.29) is 5.76 Å². The summed E-state index contributed by atoms with van der Waals surface area (Å²) in [6.07, 6.45) is 3.25. The lowest BCUT2D eigenvalue weighted by atomic mass is 9.93. The van der Waals surface area contributed by atoms with Gasteiger partial charge in [0, 0.05) is 23.2 Å². The molecule has 0 radical (unpaired) electrons. The van der Waals surface area contributed by atoms with Crippen LogP contribution in [0.15, 0.2) is 39.9 Å². The molecule has 142 valence electrons. The minimum absolute atomic E-state index is 0.271. The Balaban J connectivity index is 1.75. The number of ether oxygens (including phenoxy) is 1. The summed E-state index contributed by atoms with van der Waals surface area (Å²) in [7, 11) is 0. The lowest BCUT2D eigenvalue weighted by Gasteiger charge is -2.14. The van der Waals surface area contributed by atoms with Crippen molar-refractivity contribution in [2.75, 3.05) is 11.9 Å². The van der Waals surface area contributed by atoms with Gasteiger partial charge in [0.1, 0.15) is 5.76 Å². The van der Waals surface area contributed by atoms with E-state index in [0.717, 1.165) is 54.0 Å². The lowest BCUT2D eigenvalue weighted by Crippen LogP contribution is -2.26. The standard InChI is InChI=1S/C20H23N3O3S/c1-3-12-25-19(24)18-13(2)17-15(10-7-11-16(17)26-18)22-23-20(27)21-14-8-5-4-6-9-14/h4-6,8-9H,3,7,10-12H2,1-2H3,(H2,21,23,27)/b22-15+. The molecule has 3 rings (SSSR count). The normalized spacial score (nSPS) is 14.5. The maximum absolute atomic E-state index is 12.2. The van der Waals surface area contributed by atoms with E-state index >= 15 is 0 Å². The SMILES string of the molecule is CCCOC(=O)c1oc2c(c1C)/C(=N/NC(=S)Nc1ccccc1)CCC2. The first-order valence-electron chi connectivity index (χ1n) is 9.08. The number of fused-ring (bicyclic) bond motifs is 1. The van der Waals surface area contributed by atoms with Crippen LogP contribution in [0, 0.1) is 6.92 Å². The van der Waals surface area contributed by atoms with Gasteiger partial charge in [0.2, 0.25) is 5.76 Å². The molecule has 27 heavy (non-hydrogen) atoms. The molecule has 0 saturated carbocycles. The van der Waals surface area contributed by atoms with Crippen LogP contribution in [-0.4, -0.2) is 23.4 Å². The Morgan fingerprint density at radius 1 is 1.30 bits per heavy atom. The van der Waals surface area contributed by atoms with Crippen LogP contribution >= 0.6 is 12.2 Å². The van der Waals surface area contributed by atoms with E-state index in [2.05, 4.69) is 15.8 Å². The van der Waals surface area contributed by atoms with Crippen LogP contribution in [0.5, 0.6) is 0 Å². The van der Waals surface area contributed by atoms with E-state index in [1.54, 1.807) is 0 Å². The molecule has 1 heterocycles. The molecule has 1 aliphatic carbocycles. The highest BCUT2D eigenvalue weighted by molar-refractivity contribution is 7.80. The number of nitrogens with one attached hydrogen (secondary N) is 2. The number of anilines is 1. The second-order valence-electron chi connectivity index (χ2n) is 6.33. The Kier molecular flexibility index (Phi) is 6.24. The monoisotopic (exact) mass is 385 g/mol. The van der Waals surface area contributed by atoms with Crippen LogP contribution in [0.2, 0.25) is 0 Å². The van der Waals surface area contributed by atoms with Crippen molar-refractivity contribution in [2.24, 2.45) is 5.10 Å². The number of nitrogens with zero attached hydrogens (tertiary/aromatic N) is 1. The molecule has 0 amide bonds. The summed E-state index contributed by atoms with van der Waals surface area (Å²) in [6, 6.07) is 9.65. The Hall–Kier alpha value is -2.67. The van der Waals surface area contributed by atoms with Crippen LogP contribution in [0.4, 0.5) is 5.69 Å². The average Bonchev–Trinajstić information content (AvgIpc) is 3.02. The summed E-state index contributed by atoms with van der Waals surface area (Å²) in [5.74, 6) is 0.634. The fraction of sp³-hybridized carbons (Fsp3) is 0.350. The van der Waals surface area contributed by atoms with Gasteiger partial charge in [-0.2, -0.15) is 5.10 Å². The zero-order valence-electron chi connectivity index (χ0n) is 15.5. The highest BCUT2D eigenvalue weighted by Gasteiger charge is 2.28. The molecule has 0 unspecified atom stereocenters. The van der Waals surface area contributed by atoms with Gasteiger partial charge in [0.25, 0.3) is 0 Å². The van der Waals surface area contributed by atoms with Gasteiger partial charge in [-0.05, 0) is 50.5 Å². The van der Waals surface area contributed by atoms with Crippen molar-refractivity contribution in [3.8, 4) is 0 Å². The summed E-state index contributed by atoms with van der Waals surface area (Å²) in [6.45, 7) is 4.20. The smallest absolute Gasteiger partial charge is 0.374 e. The van der Waals surface area contributed by atoms with E-state index in [4.69, 9.17) is 21.4 Å². The van der Waals surface area contributed by atoms with Crippen LogP contribution in [0.3, 0.4) is 0 Å². The predicted molar refractivity (Wildman–Crippen MR) is 109 cm³/mol. The summed E-state index contributed by atoms with van der Waals surface area (Å²) in [5.41, 5.74) is 6.28. The molecule has 2 aromatic rings. The third-order valence-corrected chi connectivity index (χ3v) is 4.47.